The molecule has 1 atom stereocenters. The maximum atomic E-state index is 5.61. The fourth-order valence-electron chi connectivity index (χ4n) is 1.35. The number of hydrogen-bond donors (Lipinski definition) is 1. The molecule has 0 radical (unpaired) electrons. The minimum atomic E-state index is 0.186. The van der Waals surface area contributed by atoms with E-state index in [0.717, 1.165) is 16.8 Å². The summed E-state index contributed by atoms with van der Waals surface area (Å²) in [6.07, 6.45) is 1.93. The molecule has 1 aromatic heterocycles. The van der Waals surface area contributed by atoms with Crippen molar-refractivity contribution in [3.8, 4) is 0 Å². The molecular weight excluding hydrogens is 258 g/mol. The van der Waals surface area contributed by atoms with Crippen LogP contribution in [0.15, 0.2) is 21.4 Å². The summed E-state index contributed by atoms with van der Waals surface area (Å²) in [6, 6.07) is 2.15. The zero-order chi connectivity index (χ0) is 11.3. The van der Waals surface area contributed by atoms with Crippen molar-refractivity contribution >= 4 is 15.9 Å². The van der Waals surface area contributed by atoms with Gasteiger partial charge >= 0.3 is 0 Å². The fourth-order valence-corrected chi connectivity index (χ4v) is 1.86. The highest BCUT2D eigenvalue weighted by molar-refractivity contribution is 9.10. The van der Waals surface area contributed by atoms with Crippen molar-refractivity contribution in [3.63, 3.8) is 0 Å². The normalized spacial score (nSPS) is 13.4. The van der Waals surface area contributed by atoms with E-state index < -0.39 is 0 Å². The van der Waals surface area contributed by atoms with Crippen LogP contribution in [-0.2, 0) is 4.74 Å². The van der Waals surface area contributed by atoms with Gasteiger partial charge < -0.3 is 14.5 Å². The lowest BCUT2D eigenvalue weighted by atomic mass is 10.1. The molecule has 86 valence electrons. The number of hydrogen-bond acceptors (Lipinski definition) is 3. The highest BCUT2D eigenvalue weighted by Crippen LogP contribution is 2.24. The molecule has 0 fully saturated rings. The van der Waals surface area contributed by atoms with Crippen LogP contribution in [-0.4, -0.2) is 19.3 Å². The molecule has 0 saturated heterocycles. The van der Waals surface area contributed by atoms with Gasteiger partial charge in [-0.3, -0.25) is 0 Å². The van der Waals surface area contributed by atoms with Crippen LogP contribution in [0.2, 0.25) is 0 Å². The molecule has 1 aromatic rings. The van der Waals surface area contributed by atoms with E-state index in [4.69, 9.17) is 9.15 Å². The van der Waals surface area contributed by atoms with Crippen molar-refractivity contribution in [3.05, 3.63) is 22.6 Å². The molecule has 1 N–H and O–H groups in total. The molecule has 15 heavy (non-hydrogen) atoms. The molecule has 0 aliphatic heterocycles. The molecule has 3 nitrogen and oxygen atoms in total. The standard InChI is InChI=1S/C11H18BrNO2/c1-4-13-10(7-15-8(2)3)9-5-6-14-11(9)12/h5-6,8,10,13H,4,7H2,1-3H3. The first-order valence-electron chi connectivity index (χ1n) is 5.23. The van der Waals surface area contributed by atoms with E-state index in [0.29, 0.717) is 6.61 Å². The lowest BCUT2D eigenvalue weighted by molar-refractivity contribution is 0.0611. The largest absolute Gasteiger partial charge is 0.457 e. The van der Waals surface area contributed by atoms with E-state index in [2.05, 4.69) is 28.2 Å². The molecule has 0 aliphatic rings. The summed E-state index contributed by atoms with van der Waals surface area (Å²) in [6.45, 7) is 7.71. The first-order chi connectivity index (χ1) is 7.15. The summed E-state index contributed by atoms with van der Waals surface area (Å²) >= 11 is 3.38. The number of ether oxygens (including phenoxy) is 1. The highest BCUT2D eigenvalue weighted by atomic mass is 79.9. The summed E-state index contributed by atoms with van der Waals surface area (Å²) in [7, 11) is 0. The molecule has 0 aliphatic carbocycles. The first-order valence-corrected chi connectivity index (χ1v) is 6.02. The van der Waals surface area contributed by atoms with E-state index in [1.807, 2.05) is 19.9 Å². The summed E-state index contributed by atoms with van der Waals surface area (Å²) in [5, 5.41) is 3.37. The zero-order valence-corrected chi connectivity index (χ0v) is 11.0. The summed E-state index contributed by atoms with van der Waals surface area (Å²) < 4.78 is 11.6. The van der Waals surface area contributed by atoms with Crippen LogP contribution < -0.4 is 5.32 Å². The Morgan fingerprint density at radius 2 is 2.27 bits per heavy atom. The molecule has 1 heterocycles. The number of likely N-dealkylation sites (N-methyl/N-ethyl adjacent to an activating group) is 1. The number of rotatable bonds is 6. The summed E-state index contributed by atoms with van der Waals surface area (Å²) in [5.74, 6) is 0. The minimum absolute atomic E-state index is 0.186. The van der Waals surface area contributed by atoms with Crippen LogP contribution in [0.4, 0.5) is 0 Å². The maximum Gasteiger partial charge on any atom is 0.173 e. The van der Waals surface area contributed by atoms with Gasteiger partial charge in [0, 0.05) is 5.56 Å². The first kappa shape index (κ1) is 12.7. The second kappa shape index (κ2) is 6.30. The van der Waals surface area contributed by atoms with Gasteiger partial charge in [-0.25, -0.2) is 0 Å². The summed E-state index contributed by atoms with van der Waals surface area (Å²) in [5.41, 5.74) is 1.11. The minimum Gasteiger partial charge on any atom is -0.457 e. The van der Waals surface area contributed by atoms with E-state index in [1.54, 1.807) is 6.26 Å². The van der Waals surface area contributed by atoms with Crippen LogP contribution in [0.5, 0.6) is 0 Å². The second-order valence-electron chi connectivity index (χ2n) is 3.64. The molecule has 1 unspecified atom stereocenters. The Balaban J connectivity index is 2.61. The van der Waals surface area contributed by atoms with Crippen LogP contribution in [0.3, 0.4) is 0 Å². The molecule has 0 bridgehead atoms. The molecular formula is C11H18BrNO2. The average molecular weight is 276 g/mol. The topological polar surface area (TPSA) is 34.4 Å². The molecule has 1 rings (SSSR count). The number of furan rings is 1. The third-order valence-electron chi connectivity index (χ3n) is 2.07. The van der Waals surface area contributed by atoms with Crippen molar-refractivity contribution in [1.29, 1.82) is 0 Å². The Kier molecular flexibility index (Phi) is 5.36. The third kappa shape index (κ3) is 3.97. The Labute approximate surface area is 99.3 Å². The zero-order valence-electron chi connectivity index (χ0n) is 9.42. The van der Waals surface area contributed by atoms with Crippen LogP contribution in [0.25, 0.3) is 0 Å². The van der Waals surface area contributed by atoms with Crippen molar-refractivity contribution in [2.24, 2.45) is 0 Å². The van der Waals surface area contributed by atoms with E-state index in [9.17, 15) is 0 Å². The Morgan fingerprint density at radius 3 is 2.73 bits per heavy atom. The molecule has 4 heteroatoms. The lowest BCUT2D eigenvalue weighted by Crippen LogP contribution is -2.26. The second-order valence-corrected chi connectivity index (χ2v) is 4.36. The SMILES string of the molecule is CCNC(COC(C)C)c1ccoc1Br. The van der Waals surface area contributed by atoms with Gasteiger partial charge in [0.15, 0.2) is 4.67 Å². The van der Waals surface area contributed by atoms with Crippen LogP contribution in [0.1, 0.15) is 32.4 Å². The predicted molar refractivity (Wildman–Crippen MR) is 63.9 cm³/mol. The van der Waals surface area contributed by atoms with Gasteiger partial charge in [-0.05, 0) is 42.4 Å². The van der Waals surface area contributed by atoms with Gasteiger partial charge in [0.25, 0.3) is 0 Å². The molecule has 0 aromatic carbocycles. The van der Waals surface area contributed by atoms with E-state index in [1.165, 1.54) is 0 Å². The van der Waals surface area contributed by atoms with Gasteiger partial charge in [0.2, 0.25) is 0 Å². The Morgan fingerprint density at radius 1 is 1.53 bits per heavy atom. The highest BCUT2D eigenvalue weighted by Gasteiger charge is 2.16. The lowest BCUT2D eigenvalue weighted by Gasteiger charge is -2.18. The average Bonchev–Trinajstić information content (AvgIpc) is 2.59. The molecule has 0 amide bonds. The third-order valence-corrected chi connectivity index (χ3v) is 2.71. The quantitative estimate of drug-likeness (QED) is 0.866. The number of nitrogens with one attached hydrogen (secondary N) is 1. The van der Waals surface area contributed by atoms with Gasteiger partial charge in [-0.1, -0.05) is 6.92 Å². The van der Waals surface area contributed by atoms with Gasteiger partial charge in [0.05, 0.1) is 25.0 Å². The van der Waals surface area contributed by atoms with Crippen molar-refractivity contribution in [1.82, 2.24) is 5.32 Å². The summed E-state index contributed by atoms with van der Waals surface area (Å²) in [4.78, 5) is 0. The van der Waals surface area contributed by atoms with Crippen LogP contribution >= 0.6 is 15.9 Å². The number of halogens is 1. The monoisotopic (exact) mass is 275 g/mol. The maximum absolute atomic E-state index is 5.61. The van der Waals surface area contributed by atoms with E-state index in [-0.39, 0.29) is 12.1 Å². The Bertz CT molecular complexity index is 286. The van der Waals surface area contributed by atoms with Crippen LogP contribution in [0, 0.1) is 0 Å². The van der Waals surface area contributed by atoms with Crippen molar-refractivity contribution < 1.29 is 9.15 Å². The van der Waals surface area contributed by atoms with Gasteiger partial charge in [-0.2, -0.15) is 0 Å². The smallest absolute Gasteiger partial charge is 0.173 e. The predicted octanol–water partition coefficient (Wildman–Crippen LogP) is 3.12. The van der Waals surface area contributed by atoms with Crippen molar-refractivity contribution in [2.45, 2.75) is 32.9 Å². The molecule has 0 spiro atoms. The van der Waals surface area contributed by atoms with E-state index >= 15 is 0 Å². The fraction of sp³-hybridized carbons (Fsp3) is 0.636. The Hall–Kier alpha value is -0.320. The van der Waals surface area contributed by atoms with Gasteiger partial charge in [0.1, 0.15) is 0 Å². The molecule has 0 saturated carbocycles. The van der Waals surface area contributed by atoms with Crippen molar-refractivity contribution in [2.75, 3.05) is 13.2 Å². The van der Waals surface area contributed by atoms with Gasteiger partial charge in [-0.15, -0.1) is 0 Å².